The van der Waals surface area contributed by atoms with Crippen molar-refractivity contribution in [1.82, 2.24) is 14.7 Å². The van der Waals surface area contributed by atoms with Gasteiger partial charge in [0.1, 0.15) is 5.75 Å². The van der Waals surface area contributed by atoms with E-state index in [9.17, 15) is 18.0 Å². The van der Waals surface area contributed by atoms with E-state index in [1.807, 2.05) is 12.3 Å². The molecule has 0 aliphatic carbocycles. The maximum absolute atomic E-state index is 13.0. The molecule has 0 N–H and O–H groups in total. The molecule has 0 saturated carbocycles. The summed E-state index contributed by atoms with van der Waals surface area (Å²) < 4.78 is 50.5. The third-order valence-electron chi connectivity index (χ3n) is 4.75. The Hall–Kier alpha value is -3.06. The fraction of sp³-hybridized carbons (Fsp3) is 0.450. The van der Waals surface area contributed by atoms with Crippen molar-refractivity contribution in [2.75, 3.05) is 13.7 Å². The fourth-order valence-corrected chi connectivity index (χ4v) is 3.14. The predicted octanol–water partition coefficient (Wildman–Crippen LogP) is 3.28. The van der Waals surface area contributed by atoms with Gasteiger partial charge in [-0.3, -0.25) is 9.48 Å². The largest absolute Gasteiger partial charge is 0.480 e. The van der Waals surface area contributed by atoms with E-state index in [2.05, 4.69) is 5.10 Å². The molecule has 0 bridgehead atoms. The predicted molar refractivity (Wildman–Crippen MR) is 99.6 cm³/mol. The minimum Gasteiger partial charge on any atom is -0.480 e. The lowest BCUT2D eigenvalue weighted by atomic mass is 10.1. The molecule has 1 aliphatic heterocycles. The molecule has 2 heterocycles. The summed E-state index contributed by atoms with van der Waals surface area (Å²) in [6, 6.07) is 5.68. The molecule has 1 atom stereocenters. The molecule has 1 aromatic heterocycles. The van der Waals surface area contributed by atoms with Crippen molar-refractivity contribution < 1.29 is 27.4 Å². The number of benzene rings is 1. The first-order valence-corrected chi connectivity index (χ1v) is 9.34. The zero-order valence-electron chi connectivity index (χ0n) is 16.6. The summed E-state index contributed by atoms with van der Waals surface area (Å²) in [5.74, 6) is -0.724. The van der Waals surface area contributed by atoms with Crippen molar-refractivity contribution in [3.8, 4) is 11.8 Å². The van der Waals surface area contributed by atoms with Crippen LogP contribution in [-0.4, -0.2) is 46.6 Å². The summed E-state index contributed by atoms with van der Waals surface area (Å²) in [5, 5.41) is 13.6. The number of aromatic nitrogens is 2. The van der Waals surface area contributed by atoms with Crippen LogP contribution >= 0.6 is 0 Å². The van der Waals surface area contributed by atoms with E-state index in [4.69, 9.17) is 14.7 Å². The van der Waals surface area contributed by atoms with E-state index in [1.165, 1.54) is 23.1 Å². The SMILES string of the molecule is COCCCn1cc2c(n1)CN(C(=O)c1cc(C#N)ccc1OC(C)C(F)(F)F)C2. The Morgan fingerprint density at radius 3 is 2.77 bits per heavy atom. The molecule has 1 aromatic carbocycles. The number of aryl methyl sites for hydroxylation is 1. The lowest BCUT2D eigenvalue weighted by Gasteiger charge is -2.22. The number of hydrogen-bond donors (Lipinski definition) is 0. The second kappa shape index (κ2) is 8.75. The van der Waals surface area contributed by atoms with Gasteiger partial charge < -0.3 is 14.4 Å². The minimum absolute atomic E-state index is 0.0803. The van der Waals surface area contributed by atoms with Crippen LogP contribution in [0.4, 0.5) is 13.2 Å². The number of carbonyl (C=O) groups excluding carboxylic acids is 1. The average molecular weight is 422 g/mol. The van der Waals surface area contributed by atoms with Crippen LogP contribution in [0.3, 0.4) is 0 Å². The van der Waals surface area contributed by atoms with E-state index in [0.717, 1.165) is 24.6 Å². The molecule has 1 amide bonds. The smallest absolute Gasteiger partial charge is 0.425 e. The Morgan fingerprint density at radius 1 is 1.37 bits per heavy atom. The van der Waals surface area contributed by atoms with Crippen LogP contribution in [0.5, 0.6) is 5.75 Å². The van der Waals surface area contributed by atoms with Gasteiger partial charge in [-0.1, -0.05) is 0 Å². The summed E-state index contributed by atoms with van der Waals surface area (Å²) in [7, 11) is 1.63. The Bertz CT molecular complexity index is 942. The molecule has 0 radical (unpaired) electrons. The first kappa shape index (κ1) is 21.6. The number of ether oxygens (including phenoxy) is 2. The molecular weight excluding hydrogens is 401 g/mol. The van der Waals surface area contributed by atoms with Gasteiger partial charge in [0.15, 0.2) is 6.10 Å². The van der Waals surface area contributed by atoms with Gasteiger partial charge in [-0.05, 0) is 31.5 Å². The lowest BCUT2D eigenvalue weighted by Crippen LogP contribution is -2.32. The number of methoxy groups -OCH3 is 1. The average Bonchev–Trinajstić information content (AvgIpc) is 3.26. The molecule has 160 valence electrons. The van der Waals surface area contributed by atoms with Crippen LogP contribution in [0.1, 0.15) is 40.5 Å². The van der Waals surface area contributed by atoms with Gasteiger partial charge in [0.25, 0.3) is 5.91 Å². The van der Waals surface area contributed by atoms with E-state index < -0.39 is 18.2 Å². The second-order valence-electron chi connectivity index (χ2n) is 7.00. The Kier molecular flexibility index (Phi) is 6.31. The fourth-order valence-electron chi connectivity index (χ4n) is 3.14. The third kappa shape index (κ3) is 4.74. The highest BCUT2D eigenvalue weighted by Gasteiger charge is 2.39. The third-order valence-corrected chi connectivity index (χ3v) is 4.75. The molecule has 1 unspecified atom stereocenters. The first-order valence-electron chi connectivity index (χ1n) is 9.34. The second-order valence-corrected chi connectivity index (χ2v) is 7.00. The highest BCUT2D eigenvalue weighted by molar-refractivity contribution is 5.97. The molecule has 0 fully saturated rings. The molecule has 30 heavy (non-hydrogen) atoms. The Labute approximate surface area is 171 Å². The quantitative estimate of drug-likeness (QED) is 0.640. The lowest BCUT2D eigenvalue weighted by molar-refractivity contribution is -0.189. The van der Waals surface area contributed by atoms with Crippen molar-refractivity contribution in [3.63, 3.8) is 0 Å². The molecule has 2 aromatic rings. The summed E-state index contributed by atoms with van der Waals surface area (Å²) in [6.45, 7) is 2.68. The number of hydrogen-bond acceptors (Lipinski definition) is 5. The van der Waals surface area contributed by atoms with Crippen molar-refractivity contribution in [1.29, 1.82) is 5.26 Å². The highest BCUT2D eigenvalue weighted by Crippen LogP contribution is 2.31. The topological polar surface area (TPSA) is 80.4 Å². The number of halogens is 3. The number of nitriles is 1. The van der Waals surface area contributed by atoms with Gasteiger partial charge in [-0.25, -0.2) is 0 Å². The van der Waals surface area contributed by atoms with Crippen LogP contribution in [0.15, 0.2) is 24.4 Å². The van der Waals surface area contributed by atoms with Gasteiger partial charge in [0, 0.05) is 38.6 Å². The summed E-state index contributed by atoms with van der Waals surface area (Å²) in [5.41, 5.74) is 1.69. The van der Waals surface area contributed by atoms with Crippen LogP contribution in [0, 0.1) is 11.3 Å². The van der Waals surface area contributed by atoms with E-state index in [0.29, 0.717) is 13.2 Å². The normalized spacial score (nSPS) is 14.3. The molecular formula is C20H21F3N4O3. The van der Waals surface area contributed by atoms with Crippen LogP contribution in [-0.2, 0) is 24.4 Å². The number of rotatable bonds is 7. The van der Waals surface area contributed by atoms with Gasteiger partial charge in [-0.15, -0.1) is 0 Å². The summed E-state index contributed by atoms with van der Waals surface area (Å²) in [6.07, 6.45) is -4.01. The number of carbonyl (C=O) groups is 1. The van der Waals surface area contributed by atoms with E-state index in [1.54, 1.807) is 11.8 Å². The van der Waals surface area contributed by atoms with Crippen molar-refractivity contribution in [3.05, 3.63) is 46.8 Å². The standard InChI is InChI=1S/C20H21F3N4O3/c1-13(20(21,22)23)30-18-5-4-14(9-24)8-16(18)19(28)26-10-15-11-27(6-3-7-29-2)25-17(15)12-26/h4-5,8,11,13H,3,6-7,10,12H2,1-2H3. The van der Waals surface area contributed by atoms with Crippen molar-refractivity contribution >= 4 is 5.91 Å². The molecule has 0 spiro atoms. The minimum atomic E-state index is -4.58. The highest BCUT2D eigenvalue weighted by atomic mass is 19.4. The van der Waals surface area contributed by atoms with Crippen LogP contribution < -0.4 is 4.74 Å². The zero-order valence-corrected chi connectivity index (χ0v) is 16.6. The number of amides is 1. The molecule has 3 rings (SSSR count). The number of alkyl halides is 3. The van der Waals surface area contributed by atoms with Gasteiger partial charge >= 0.3 is 6.18 Å². The van der Waals surface area contributed by atoms with Crippen molar-refractivity contribution in [2.24, 2.45) is 0 Å². The zero-order chi connectivity index (χ0) is 21.9. The first-order chi connectivity index (χ1) is 14.2. The Morgan fingerprint density at radius 2 is 2.13 bits per heavy atom. The van der Waals surface area contributed by atoms with E-state index in [-0.39, 0.29) is 30.0 Å². The van der Waals surface area contributed by atoms with Gasteiger partial charge in [-0.2, -0.15) is 23.5 Å². The molecule has 7 nitrogen and oxygen atoms in total. The van der Waals surface area contributed by atoms with Gasteiger partial charge in [0.05, 0.1) is 29.4 Å². The summed E-state index contributed by atoms with van der Waals surface area (Å²) in [4.78, 5) is 14.5. The van der Waals surface area contributed by atoms with Crippen LogP contribution in [0.25, 0.3) is 0 Å². The van der Waals surface area contributed by atoms with Crippen LogP contribution in [0.2, 0.25) is 0 Å². The number of nitrogens with zero attached hydrogens (tertiary/aromatic N) is 4. The van der Waals surface area contributed by atoms with E-state index >= 15 is 0 Å². The maximum Gasteiger partial charge on any atom is 0.425 e. The molecule has 10 heteroatoms. The maximum atomic E-state index is 13.0. The molecule has 0 saturated heterocycles. The van der Waals surface area contributed by atoms with Gasteiger partial charge in [0.2, 0.25) is 0 Å². The monoisotopic (exact) mass is 422 g/mol. The molecule has 1 aliphatic rings. The number of fused-ring (bicyclic) bond motifs is 1. The Balaban J connectivity index is 1.77. The summed E-state index contributed by atoms with van der Waals surface area (Å²) >= 11 is 0. The van der Waals surface area contributed by atoms with Crippen molar-refractivity contribution in [2.45, 2.75) is 45.3 Å².